The first-order valence-corrected chi connectivity index (χ1v) is 8.72. The number of nitrogens with zero attached hydrogens (tertiary/aromatic N) is 2. The Kier molecular flexibility index (Phi) is 4.50. The van der Waals surface area contributed by atoms with Crippen LogP contribution in [0.3, 0.4) is 0 Å². The number of hydrogen-bond acceptors (Lipinski definition) is 6. The maximum atomic E-state index is 12.1. The summed E-state index contributed by atoms with van der Waals surface area (Å²) >= 11 is 2.26. The van der Waals surface area contributed by atoms with Crippen LogP contribution in [0.25, 0.3) is 6.08 Å². The SMILES string of the molecule is Cc1ccc(C)c(N=C2NC(=O)/C(=C/c3csc([N+](=O)[O-])c3)S2)c1. The van der Waals surface area contributed by atoms with Gasteiger partial charge in [0.05, 0.1) is 15.5 Å². The Balaban J connectivity index is 1.85. The van der Waals surface area contributed by atoms with Gasteiger partial charge in [-0.2, -0.15) is 0 Å². The molecular formula is C16H13N3O3S2. The molecule has 3 rings (SSSR count). The lowest BCUT2D eigenvalue weighted by Crippen LogP contribution is -2.19. The molecule has 1 aromatic heterocycles. The Bertz CT molecular complexity index is 900. The minimum absolute atomic E-state index is 0.0505. The van der Waals surface area contributed by atoms with E-state index in [1.54, 1.807) is 11.5 Å². The number of thiophene rings is 1. The van der Waals surface area contributed by atoms with Crippen molar-refractivity contribution in [2.45, 2.75) is 13.8 Å². The number of amidine groups is 1. The fraction of sp³-hybridized carbons (Fsp3) is 0.125. The molecule has 0 saturated carbocycles. The van der Waals surface area contributed by atoms with Gasteiger partial charge in [0.25, 0.3) is 5.91 Å². The Morgan fingerprint density at radius 1 is 1.29 bits per heavy atom. The van der Waals surface area contributed by atoms with Crippen LogP contribution in [0.5, 0.6) is 0 Å². The van der Waals surface area contributed by atoms with Gasteiger partial charge in [0.2, 0.25) is 0 Å². The van der Waals surface area contributed by atoms with E-state index < -0.39 is 4.92 Å². The van der Waals surface area contributed by atoms with E-state index >= 15 is 0 Å². The number of hydrogen-bond donors (Lipinski definition) is 1. The van der Waals surface area contributed by atoms with Crippen molar-refractivity contribution in [1.82, 2.24) is 5.32 Å². The lowest BCUT2D eigenvalue weighted by atomic mass is 10.1. The molecular weight excluding hydrogens is 346 g/mol. The zero-order chi connectivity index (χ0) is 17.3. The van der Waals surface area contributed by atoms with Gasteiger partial charge in [-0.05, 0) is 54.4 Å². The monoisotopic (exact) mass is 359 g/mol. The minimum atomic E-state index is -0.443. The molecule has 1 saturated heterocycles. The predicted molar refractivity (Wildman–Crippen MR) is 97.7 cm³/mol. The zero-order valence-electron chi connectivity index (χ0n) is 12.9. The molecule has 2 aromatic rings. The van der Waals surface area contributed by atoms with Gasteiger partial charge in [-0.1, -0.05) is 23.5 Å². The van der Waals surface area contributed by atoms with Gasteiger partial charge in [-0.15, -0.1) is 0 Å². The Morgan fingerprint density at radius 2 is 2.08 bits per heavy atom. The fourth-order valence-electron chi connectivity index (χ4n) is 2.09. The maximum absolute atomic E-state index is 12.1. The van der Waals surface area contributed by atoms with Gasteiger partial charge >= 0.3 is 5.00 Å². The van der Waals surface area contributed by atoms with Crippen LogP contribution in [-0.4, -0.2) is 16.0 Å². The highest BCUT2D eigenvalue weighted by Gasteiger charge is 2.24. The highest BCUT2D eigenvalue weighted by Crippen LogP contribution is 2.31. The molecule has 1 aliphatic rings. The summed E-state index contributed by atoms with van der Waals surface area (Å²) < 4.78 is 0. The Labute approximate surface area is 146 Å². The van der Waals surface area contributed by atoms with Crippen molar-refractivity contribution in [3.05, 3.63) is 61.4 Å². The maximum Gasteiger partial charge on any atom is 0.324 e. The predicted octanol–water partition coefficient (Wildman–Crippen LogP) is 4.16. The molecule has 0 atom stereocenters. The summed E-state index contributed by atoms with van der Waals surface area (Å²) in [6.07, 6.45) is 1.63. The normalized spacial score (nSPS) is 17.5. The van der Waals surface area contributed by atoms with Gasteiger partial charge in [0, 0.05) is 11.4 Å². The quantitative estimate of drug-likeness (QED) is 0.506. The van der Waals surface area contributed by atoms with E-state index in [4.69, 9.17) is 0 Å². The van der Waals surface area contributed by atoms with E-state index in [2.05, 4.69) is 10.3 Å². The first-order valence-electron chi connectivity index (χ1n) is 7.02. The summed E-state index contributed by atoms with van der Waals surface area (Å²) in [4.78, 5) is 27.3. The molecule has 0 aliphatic carbocycles. The molecule has 1 amide bonds. The fourth-order valence-corrected chi connectivity index (χ4v) is 3.61. The summed E-state index contributed by atoms with van der Waals surface area (Å²) in [7, 11) is 0. The van der Waals surface area contributed by atoms with Crippen molar-refractivity contribution in [3.63, 3.8) is 0 Å². The van der Waals surface area contributed by atoms with Crippen LogP contribution < -0.4 is 5.32 Å². The van der Waals surface area contributed by atoms with Crippen molar-refractivity contribution in [2.75, 3.05) is 0 Å². The molecule has 6 nitrogen and oxygen atoms in total. The third-order valence-corrected chi connectivity index (χ3v) is 5.13. The number of carbonyl (C=O) groups is 1. The Hall–Kier alpha value is -2.45. The number of nitro groups is 1. The van der Waals surface area contributed by atoms with Gasteiger partial charge in [0.1, 0.15) is 0 Å². The highest BCUT2D eigenvalue weighted by atomic mass is 32.2. The van der Waals surface area contributed by atoms with E-state index in [1.807, 2.05) is 32.0 Å². The number of aliphatic imine (C=N–C) groups is 1. The molecule has 1 aromatic carbocycles. The lowest BCUT2D eigenvalue weighted by Gasteiger charge is -2.02. The second kappa shape index (κ2) is 6.58. The number of carbonyl (C=O) groups excluding carboxylic acids is 1. The molecule has 122 valence electrons. The number of rotatable bonds is 3. The van der Waals surface area contributed by atoms with E-state index in [-0.39, 0.29) is 10.9 Å². The molecule has 24 heavy (non-hydrogen) atoms. The summed E-state index contributed by atoms with van der Waals surface area (Å²) in [6, 6.07) is 7.40. The van der Waals surface area contributed by atoms with E-state index in [9.17, 15) is 14.9 Å². The van der Waals surface area contributed by atoms with Crippen molar-refractivity contribution in [2.24, 2.45) is 4.99 Å². The average Bonchev–Trinajstić information content (AvgIpc) is 3.11. The van der Waals surface area contributed by atoms with Crippen LogP contribution in [-0.2, 0) is 4.79 Å². The van der Waals surface area contributed by atoms with E-state index in [1.165, 1.54) is 17.8 Å². The number of aryl methyl sites for hydroxylation is 2. The molecule has 0 bridgehead atoms. The number of thioether (sulfide) groups is 1. The molecule has 1 aliphatic heterocycles. The summed E-state index contributed by atoms with van der Waals surface area (Å²) in [5, 5.41) is 15.7. The van der Waals surface area contributed by atoms with Crippen LogP contribution in [0, 0.1) is 24.0 Å². The van der Waals surface area contributed by atoms with Crippen LogP contribution >= 0.6 is 23.1 Å². The number of amides is 1. The summed E-state index contributed by atoms with van der Waals surface area (Å²) in [5.74, 6) is -0.252. The first kappa shape index (κ1) is 16.4. The average molecular weight is 359 g/mol. The summed E-state index contributed by atoms with van der Waals surface area (Å²) in [6.45, 7) is 3.94. The molecule has 0 radical (unpaired) electrons. The summed E-state index contributed by atoms with van der Waals surface area (Å²) in [5.41, 5.74) is 3.56. The van der Waals surface area contributed by atoms with Crippen LogP contribution in [0.1, 0.15) is 16.7 Å². The Morgan fingerprint density at radius 3 is 2.79 bits per heavy atom. The second-order valence-electron chi connectivity index (χ2n) is 5.25. The van der Waals surface area contributed by atoms with Crippen LogP contribution in [0.4, 0.5) is 10.7 Å². The van der Waals surface area contributed by atoms with Crippen molar-refractivity contribution >= 4 is 50.9 Å². The van der Waals surface area contributed by atoms with Gasteiger partial charge in [0.15, 0.2) is 5.17 Å². The van der Waals surface area contributed by atoms with Gasteiger partial charge in [-0.25, -0.2) is 4.99 Å². The van der Waals surface area contributed by atoms with Crippen molar-refractivity contribution in [1.29, 1.82) is 0 Å². The first-order chi connectivity index (χ1) is 11.4. The molecule has 2 heterocycles. The molecule has 0 spiro atoms. The second-order valence-corrected chi connectivity index (χ2v) is 7.17. The highest BCUT2D eigenvalue weighted by molar-refractivity contribution is 8.18. The van der Waals surface area contributed by atoms with E-state index in [0.717, 1.165) is 28.2 Å². The largest absolute Gasteiger partial charge is 0.324 e. The van der Waals surface area contributed by atoms with Crippen molar-refractivity contribution in [3.8, 4) is 0 Å². The van der Waals surface area contributed by atoms with Gasteiger partial charge < -0.3 is 5.32 Å². The molecule has 1 fully saturated rings. The third-order valence-electron chi connectivity index (χ3n) is 3.32. The van der Waals surface area contributed by atoms with Crippen LogP contribution in [0.2, 0.25) is 0 Å². The standard InChI is InChI=1S/C16H13N3O3S2/c1-9-3-4-10(2)12(5-9)17-16-18-15(20)13(24-16)6-11-7-14(19(21)22)23-8-11/h3-8H,1-2H3,(H,17,18,20)/b13-6-. The molecule has 8 heteroatoms. The van der Waals surface area contributed by atoms with Crippen molar-refractivity contribution < 1.29 is 9.72 Å². The smallest absolute Gasteiger partial charge is 0.300 e. The van der Waals surface area contributed by atoms with Crippen LogP contribution in [0.15, 0.2) is 39.5 Å². The van der Waals surface area contributed by atoms with E-state index in [0.29, 0.717) is 15.6 Å². The van der Waals surface area contributed by atoms with Gasteiger partial charge in [-0.3, -0.25) is 14.9 Å². The molecule has 1 N–H and O–H groups in total. The minimum Gasteiger partial charge on any atom is -0.300 e. The zero-order valence-corrected chi connectivity index (χ0v) is 14.5. The number of nitrogens with one attached hydrogen (secondary N) is 1. The topological polar surface area (TPSA) is 84.6 Å². The molecule has 0 unspecified atom stereocenters. The lowest BCUT2D eigenvalue weighted by molar-refractivity contribution is -0.380. The third kappa shape index (κ3) is 3.55. The number of benzene rings is 1.